The second-order valence-electron chi connectivity index (χ2n) is 4.75. The van der Waals surface area contributed by atoms with Crippen LogP contribution in [0.5, 0.6) is 5.75 Å². The number of rotatable bonds is 4. The fraction of sp³-hybridized carbons (Fsp3) is 0.200. The van der Waals surface area contributed by atoms with E-state index < -0.39 is 0 Å². The number of nitrogens with one attached hydrogen (secondary N) is 1. The monoisotopic (exact) mass is 295 g/mol. The number of nitrogens with zero attached hydrogens (tertiary/aromatic N) is 4. The Labute approximate surface area is 126 Å². The van der Waals surface area contributed by atoms with E-state index >= 15 is 0 Å². The van der Waals surface area contributed by atoms with E-state index in [1.54, 1.807) is 0 Å². The second-order valence-corrected chi connectivity index (χ2v) is 4.75. The summed E-state index contributed by atoms with van der Waals surface area (Å²) in [5.41, 5.74) is 3.27. The van der Waals surface area contributed by atoms with Crippen molar-refractivity contribution in [3.63, 3.8) is 0 Å². The molecule has 0 fully saturated rings. The maximum atomic E-state index is 9.01. The maximum absolute atomic E-state index is 9.01. The summed E-state index contributed by atoms with van der Waals surface area (Å²) in [4.78, 5) is 0. The Morgan fingerprint density at radius 3 is 2.91 bits per heavy atom. The molecule has 2 heterocycles. The fourth-order valence-electron chi connectivity index (χ4n) is 2.11. The van der Waals surface area contributed by atoms with E-state index in [-0.39, 0.29) is 5.69 Å². The summed E-state index contributed by atoms with van der Waals surface area (Å²) >= 11 is 0. The van der Waals surface area contributed by atoms with Crippen molar-refractivity contribution < 1.29 is 9.26 Å². The molecule has 0 unspecified atom stereocenters. The normalized spacial score (nSPS) is 10.4. The Morgan fingerprint density at radius 2 is 2.18 bits per heavy atom. The first kappa shape index (κ1) is 13.8. The molecule has 0 radical (unpaired) electrons. The molecule has 0 aliphatic heterocycles. The Bertz CT molecular complexity index is 824. The molecule has 1 aromatic carbocycles. The van der Waals surface area contributed by atoms with Crippen molar-refractivity contribution in [1.29, 1.82) is 5.26 Å². The van der Waals surface area contributed by atoms with Crippen LogP contribution in [0.25, 0.3) is 11.3 Å². The number of benzene rings is 1. The van der Waals surface area contributed by atoms with Crippen LogP contribution in [0, 0.1) is 25.2 Å². The molecular formula is C15H13N5O2. The van der Waals surface area contributed by atoms with Crippen molar-refractivity contribution in [3.8, 4) is 23.1 Å². The summed E-state index contributed by atoms with van der Waals surface area (Å²) in [6, 6.07) is 9.34. The molecule has 0 aliphatic carbocycles. The SMILES string of the molecule is Cc1noc(C)c1COc1cccc(-c2n[nH]nc2C#N)c1. The van der Waals surface area contributed by atoms with Gasteiger partial charge in [0.15, 0.2) is 5.69 Å². The highest BCUT2D eigenvalue weighted by Crippen LogP contribution is 2.25. The molecule has 22 heavy (non-hydrogen) atoms. The lowest BCUT2D eigenvalue weighted by atomic mass is 10.1. The van der Waals surface area contributed by atoms with Gasteiger partial charge in [0.25, 0.3) is 0 Å². The summed E-state index contributed by atoms with van der Waals surface area (Å²) in [5.74, 6) is 1.42. The Hall–Kier alpha value is -3.14. The highest BCUT2D eigenvalue weighted by molar-refractivity contribution is 5.65. The largest absolute Gasteiger partial charge is 0.489 e. The number of hydrogen-bond donors (Lipinski definition) is 1. The smallest absolute Gasteiger partial charge is 0.190 e. The molecule has 2 aromatic heterocycles. The molecule has 0 saturated heterocycles. The average molecular weight is 295 g/mol. The van der Waals surface area contributed by atoms with Gasteiger partial charge in [-0.15, -0.1) is 5.10 Å². The summed E-state index contributed by atoms with van der Waals surface area (Å²) in [6.07, 6.45) is 0. The number of hydrogen-bond acceptors (Lipinski definition) is 6. The van der Waals surface area contributed by atoms with Gasteiger partial charge in [0, 0.05) is 5.56 Å². The van der Waals surface area contributed by atoms with Crippen molar-refractivity contribution in [3.05, 3.63) is 47.0 Å². The number of aromatic amines is 1. The first-order valence-corrected chi connectivity index (χ1v) is 6.65. The number of ether oxygens (including phenoxy) is 1. The predicted molar refractivity (Wildman–Crippen MR) is 76.8 cm³/mol. The van der Waals surface area contributed by atoms with Gasteiger partial charge >= 0.3 is 0 Å². The van der Waals surface area contributed by atoms with Crippen LogP contribution in [0.1, 0.15) is 22.7 Å². The third-order valence-electron chi connectivity index (χ3n) is 3.33. The van der Waals surface area contributed by atoms with E-state index in [0.717, 1.165) is 22.6 Å². The van der Waals surface area contributed by atoms with Crippen LogP contribution >= 0.6 is 0 Å². The molecule has 0 atom stereocenters. The minimum Gasteiger partial charge on any atom is -0.489 e. The highest BCUT2D eigenvalue weighted by atomic mass is 16.5. The van der Waals surface area contributed by atoms with E-state index in [2.05, 4.69) is 20.6 Å². The summed E-state index contributed by atoms with van der Waals surface area (Å²) in [7, 11) is 0. The molecular weight excluding hydrogens is 282 g/mol. The van der Waals surface area contributed by atoms with E-state index in [1.165, 1.54) is 0 Å². The summed E-state index contributed by atoms with van der Waals surface area (Å²) in [5, 5.41) is 23.1. The third kappa shape index (κ3) is 2.54. The molecule has 0 spiro atoms. The van der Waals surface area contributed by atoms with Gasteiger partial charge in [-0.3, -0.25) is 0 Å². The number of nitriles is 1. The first-order valence-electron chi connectivity index (χ1n) is 6.65. The number of aromatic nitrogens is 4. The Kier molecular flexibility index (Phi) is 3.58. The van der Waals surface area contributed by atoms with E-state index in [4.69, 9.17) is 14.5 Å². The lowest BCUT2D eigenvalue weighted by Crippen LogP contribution is -1.98. The van der Waals surface area contributed by atoms with Crippen molar-refractivity contribution in [2.75, 3.05) is 0 Å². The number of H-pyrrole nitrogens is 1. The molecule has 0 saturated carbocycles. The zero-order valence-electron chi connectivity index (χ0n) is 12.1. The molecule has 3 aromatic rings. The van der Waals surface area contributed by atoms with Crippen LogP contribution in [0.2, 0.25) is 0 Å². The quantitative estimate of drug-likeness (QED) is 0.793. The van der Waals surface area contributed by atoms with Gasteiger partial charge < -0.3 is 9.26 Å². The zero-order chi connectivity index (χ0) is 15.5. The average Bonchev–Trinajstić information content (AvgIpc) is 3.13. The van der Waals surface area contributed by atoms with Crippen molar-refractivity contribution in [1.82, 2.24) is 20.6 Å². The van der Waals surface area contributed by atoms with Crippen LogP contribution in [-0.2, 0) is 6.61 Å². The van der Waals surface area contributed by atoms with Crippen molar-refractivity contribution >= 4 is 0 Å². The van der Waals surface area contributed by atoms with Crippen LogP contribution in [0.15, 0.2) is 28.8 Å². The van der Waals surface area contributed by atoms with Crippen LogP contribution < -0.4 is 4.74 Å². The molecule has 110 valence electrons. The summed E-state index contributed by atoms with van der Waals surface area (Å²) < 4.78 is 10.9. The zero-order valence-corrected chi connectivity index (χ0v) is 12.1. The Balaban J connectivity index is 1.82. The molecule has 0 bridgehead atoms. The molecule has 7 heteroatoms. The molecule has 0 amide bonds. The standard InChI is InChI=1S/C15H13N5O2/c1-9-13(10(2)22-19-9)8-21-12-5-3-4-11(6-12)15-14(7-16)17-20-18-15/h3-6H,8H2,1-2H3,(H,17,18,20). The van der Waals surface area contributed by atoms with Gasteiger partial charge in [-0.05, 0) is 26.0 Å². The minimum atomic E-state index is 0.253. The van der Waals surface area contributed by atoms with E-state index in [1.807, 2.05) is 44.2 Å². The topological polar surface area (TPSA) is 101 Å². The molecule has 7 nitrogen and oxygen atoms in total. The second kappa shape index (κ2) is 5.69. The number of aryl methyl sites for hydroxylation is 2. The van der Waals surface area contributed by atoms with Gasteiger partial charge in [-0.1, -0.05) is 17.3 Å². The molecule has 3 rings (SSSR count). The van der Waals surface area contributed by atoms with Crippen LogP contribution in [0.3, 0.4) is 0 Å². The fourth-order valence-corrected chi connectivity index (χ4v) is 2.11. The van der Waals surface area contributed by atoms with E-state index in [0.29, 0.717) is 18.1 Å². The van der Waals surface area contributed by atoms with Gasteiger partial charge in [-0.2, -0.15) is 15.6 Å². The van der Waals surface area contributed by atoms with Crippen LogP contribution in [0.4, 0.5) is 0 Å². The van der Waals surface area contributed by atoms with E-state index in [9.17, 15) is 0 Å². The first-order chi connectivity index (χ1) is 10.7. The summed E-state index contributed by atoms with van der Waals surface area (Å²) in [6.45, 7) is 4.10. The van der Waals surface area contributed by atoms with Gasteiger partial charge in [0.1, 0.15) is 29.9 Å². The van der Waals surface area contributed by atoms with Gasteiger partial charge in [0.05, 0.1) is 11.3 Å². The molecule has 0 aliphatic rings. The van der Waals surface area contributed by atoms with Crippen LogP contribution in [-0.4, -0.2) is 20.6 Å². The van der Waals surface area contributed by atoms with Gasteiger partial charge in [0.2, 0.25) is 0 Å². The third-order valence-corrected chi connectivity index (χ3v) is 3.33. The lowest BCUT2D eigenvalue weighted by Gasteiger charge is -2.07. The minimum absolute atomic E-state index is 0.253. The maximum Gasteiger partial charge on any atom is 0.190 e. The van der Waals surface area contributed by atoms with Crippen molar-refractivity contribution in [2.24, 2.45) is 0 Å². The lowest BCUT2D eigenvalue weighted by molar-refractivity contribution is 0.302. The highest BCUT2D eigenvalue weighted by Gasteiger charge is 2.12. The predicted octanol–water partition coefficient (Wildman–Crippen LogP) is 2.53. The molecule has 1 N–H and O–H groups in total. The van der Waals surface area contributed by atoms with Crippen molar-refractivity contribution in [2.45, 2.75) is 20.5 Å². The van der Waals surface area contributed by atoms with Gasteiger partial charge in [-0.25, -0.2) is 0 Å². The Morgan fingerprint density at radius 1 is 1.32 bits per heavy atom.